The van der Waals surface area contributed by atoms with E-state index < -0.39 is 17.3 Å². The Hall–Kier alpha value is -4.32. The van der Waals surface area contributed by atoms with Gasteiger partial charge in [0.15, 0.2) is 0 Å². The van der Waals surface area contributed by atoms with Crippen molar-refractivity contribution in [1.82, 2.24) is 5.16 Å². The molecule has 0 aliphatic carbocycles. The van der Waals surface area contributed by atoms with Crippen molar-refractivity contribution < 1.29 is 19.1 Å². The molecule has 4 aromatic carbocycles. The van der Waals surface area contributed by atoms with E-state index in [0.717, 1.165) is 21.5 Å². The van der Waals surface area contributed by atoms with E-state index in [2.05, 4.69) is 9.79 Å². The van der Waals surface area contributed by atoms with Gasteiger partial charge in [-0.2, -0.15) is 0 Å². The molecule has 1 heterocycles. The molecule has 0 saturated heterocycles. The van der Waals surface area contributed by atoms with Crippen LogP contribution in [0.25, 0.3) is 21.5 Å². The zero-order valence-electron chi connectivity index (χ0n) is 15.6. The average Bonchev–Trinajstić information content (AvgIpc) is 3.18. The van der Waals surface area contributed by atoms with Gasteiger partial charge in [-0.05, 0) is 38.6 Å². The molecule has 6 nitrogen and oxygen atoms in total. The van der Waals surface area contributed by atoms with Crippen molar-refractivity contribution in [3.05, 3.63) is 113 Å². The van der Waals surface area contributed by atoms with Crippen LogP contribution in [0.4, 0.5) is 0 Å². The standard InChI is InChI=1S/C24H14N2O4/c27-23(19-11-9-15-5-1-3-7-17(15)13-19)21-22(26(29)30-25-21)24(28)20-12-10-16-6-2-4-8-18(16)14-20/h1-14H. The quantitative estimate of drug-likeness (QED) is 0.339. The summed E-state index contributed by atoms with van der Waals surface area (Å²) in [5, 5.41) is 19.4. The van der Waals surface area contributed by atoms with Gasteiger partial charge in [0.05, 0.1) is 5.16 Å². The molecule has 5 aromatic rings. The van der Waals surface area contributed by atoms with Gasteiger partial charge < -0.3 is 5.21 Å². The molecule has 0 aliphatic rings. The minimum absolute atomic E-state index is 0.00813. The van der Waals surface area contributed by atoms with Crippen LogP contribution >= 0.6 is 0 Å². The number of aromatic nitrogens is 2. The van der Waals surface area contributed by atoms with Crippen LogP contribution in [0.15, 0.2) is 89.6 Å². The highest BCUT2D eigenvalue weighted by molar-refractivity contribution is 6.18. The minimum atomic E-state index is -0.624. The van der Waals surface area contributed by atoms with Crippen molar-refractivity contribution in [2.24, 2.45) is 0 Å². The summed E-state index contributed by atoms with van der Waals surface area (Å²) in [7, 11) is 0. The van der Waals surface area contributed by atoms with Crippen LogP contribution in [0, 0.1) is 5.21 Å². The maximum atomic E-state index is 13.1. The molecule has 0 N–H and O–H groups in total. The zero-order chi connectivity index (χ0) is 20.7. The molecule has 0 fully saturated rings. The molecule has 0 saturated carbocycles. The molecule has 0 amide bonds. The molecule has 5 rings (SSSR count). The smallest absolute Gasteiger partial charge is 0.300 e. The summed E-state index contributed by atoms with van der Waals surface area (Å²) in [6.45, 7) is 0. The van der Waals surface area contributed by atoms with E-state index in [0.29, 0.717) is 5.56 Å². The molecule has 0 aliphatic heterocycles. The van der Waals surface area contributed by atoms with Crippen molar-refractivity contribution in [3.8, 4) is 0 Å². The zero-order valence-corrected chi connectivity index (χ0v) is 15.6. The highest BCUT2D eigenvalue weighted by atomic mass is 16.8. The third-order valence-corrected chi connectivity index (χ3v) is 5.07. The van der Waals surface area contributed by atoms with Crippen molar-refractivity contribution in [1.29, 1.82) is 0 Å². The Morgan fingerprint density at radius 3 is 1.77 bits per heavy atom. The molecule has 6 heteroatoms. The monoisotopic (exact) mass is 394 g/mol. The van der Waals surface area contributed by atoms with Gasteiger partial charge in [0.1, 0.15) is 0 Å². The van der Waals surface area contributed by atoms with Crippen LogP contribution in [0.3, 0.4) is 0 Å². The number of rotatable bonds is 4. The fourth-order valence-electron chi connectivity index (χ4n) is 3.52. The molecule has 0 radical (unpaired) electrons. The summed E-state index contributed by atoms with van der Waals surface area (Å²) in [4.78, 5) is 26.1. The second-order valence-corrected chi connectivity index (χ2v) is 6.91. The first kappa shape index (κ1) is 17.8. The van der Waals surface area contributed by atoms with Crippen molar-refractivity contribution in [2.75, 3.05) is 0 Å². The predicted octanol–water partition coefficient (Wildman–Crippen LogP) is 4.08. The van der Waals surface area contributed by atoms with E-state index in [4.69, 9.17) is 0 Å². The SMILES string of the molecule is O=C(c1ccc2ccccc2c1)c1no[n+]([O-])c1C(=O)c1ccc2ccccc2c1. The maximum Gasteiger partial charge on any atom is 0.300 e. The Morgan fingerprint density at radius 2 is 1.20 bits per heavy atom. The summed E-state index contributed by atoms with van der Waals surface area (Å²) >= 11 is 0. The number of ketones is 2. The predicted molar refractivity (Wildman–Crippen MR) is 110 cm³/mol. The fraction of sp³-hybridized carbons (Fsp3) is 0. The lowest BCUT2D eigenvalue weighted by Crippen LogP contribution is -2.32. The molecular weight excluding hydrogens is 380 g/mol. The van der Waals surface area contributed by atoms with Gasteiger partial charge in [0, 0.05) is 11.1 Å². The molecule has 144 valence electrons. The Morgan fingerprint density at radius 1 is 0.700 bits per heavy atom. The maximum absolute atomic E-state index is 13.1. The van der Waals surface area contributed by atoms with E-state index in [1.54, 1.807) is 36.4 Å². The summed E-state index contributed by atoms with van der Waals surface area (Å²) in [5.41, 5.74) is -0.147. The van der Waals surface area contributed by atoms with Crippen LogP contribution in [0.1, 0.15) is 32.1 Å². The number of hydrogen-bond donors (Lipinski definition) is 0. The average molecular weight is 394 g/mol. The van der Waals surface area contributed by atoms with Gasteiger partial charge in [-0.15, -0.1) is 0 Å². The van der Waals surface area contributed by atoms with Gasteiger partial charge >= 0.3 is 0 Å². The topological polar surface area (TPSA) is 87.1 Å². The van der Waals surface area contributed by atoms with E-state index in [9.17, 15) is 14.8 Å². The van der Waals surface area contributed by atoms with Gasteiger partial charge in [-0.25, -0.2) is 0 Å². The second kappa shape index (κ2) is 6.93. The number of fused-ring (bicyclic) bond motifs is 2. The van der Waals surface area contributed by atoms with Crippen LogP contribution < -0.4 is 4.90 Å². The number of nitrogens with zero attached hydrogens (tertiary/aromatic N) is 2. The highest BCUT2D eigenvalue weighted by Gasteiger charge is 2.33. The first-order chi connectivity index (χ1) is 14.6. The molecule has 0 spiro atoms. The lowest BCUT2D eigenvalue weighted by molar-refractivity contribution is -0.803. The summed E-state index contributed by atoms with van der Waals surface area (Å²) < 4.78 is 4.63. The first-order valence-electron chi connectivity index (χ1n) is 9.28. The Balaban J connectivity index is 1.57. The molecular formula is C24H14N2O4. The van der Waals surface area contributed by atoms with E-state index >= 15 is 0 Å². The largest absolute Gasteiger partial charge is 0.359 e. The summed E-state index contributed by atoms with van der Waals surface area (Å²) in [5.74, 6) is -1.18. The van der Waals surface area contributed by atoms with Gasteiger partial charge in [-0.1, -0.05) is 72.8 Å². The minimum Gasteiger partial charge on any atom is -0.359 e. The Kier molecular flexibility index (Phi) is 4.10. The molecule has 0 atom stereocenters. The lowest BCUT2D eigenvalue weighted by atomic mass is 9.98. The summed E-state index contributed by atoms with van der Waals surface area (Å²) in [6, 6.07) is 25.3. The fourth-order valence-corrected chi connectivity index (χ4v) is 3.52. The number of hydrogen-bond acceptors (Lipinski definition) is 5. The first-order valence-corrected chi connectivity index (χ1v) is 9.28. The molecule has 1 aromatic heterocycles. The second-order valence-electron chi connectivity index (χ2n) is 6.91. The highest BCUT2D eigenvalue weighted by Crippen LogP contribution is 2.21. The van der Waals surface area contributed by atoms with E-state index in [-0.39, 0.29) is 16.2 Å². The van der Waals surface area contributed by atoms with Crippen LogP contribution in [0.5, 0.6) is 0 Å². The van der Waals surface area contributed by atoms with Crippen molar-refractivity contribution in [3.63, 3.8) is 0 Å². The van der Waals surface area contributed by atoms with Gasteiger partial charge in [-0.3, -0.25) is 14.2 Å². The number of benzene rings is 4. The van der Waals surface area contributed by atoms with Crippen LogP contribution in [-0.4, -0.2) is 16.7 Å². The Labute approximate surface area is 170 Å². The Bertz CT molecular complexity index is 1450. The number of carbonyl (C=O) groups excluding carboxylic acids is 2. The van der Waals surface area contributed by atoms with Crippen LogP contribution in [0.2, 0.25) is 0 Å². The van der Waals surface area contributed by atoms with Crippen LogP contribution in [-0.2, 0) is 0 Å². The lowest BCUT2D eigenvalue weighted by Gasteiger charge is -2.03. The molecule has 0 bridgehead atoms. The van der Waals surface area contributed by atoms with E-state index in [1.165, 1.54) is 0 Å². The third kappa shape index (κ3) is 2.91. The van der Waals surface area contributed by atoms with Gasteiger partial charge in [0.2, 0.25) is 11.6 Å². The van der Waals surface area contributed by atoms with Crippen molar-refractivity contribution >= 4 is 33.1 Å². The molecule has 0 unspecified atom stereocenters. The van der Waals surface area contributed by atoms with Crippen molar-refractivity contribution in [2.45, 2.75) is 0 Å². The third-order valence-electron chi connectivity index (χ3n) is 5.07. The van der Waals surface area contributed by atoms with E-state index in [1.807, 2.05) is 48.5 Å². The summed E-state index contributed by atoms with van der Waals surface area (Å²) in [6.07, 6.45) is 0. The number of carbonyl (C=O) groups is 2. The van der Waals surface area contributed by atoms with Gasteiger partial charge in [0.25, 0.3) is 11.4 Å². The normalized spacial score (nSPS) is 11.1. The molecule has 30 heavy (non-hydrogen) atoms.